The molecule has 0 aliphatic carbocycles. The quantitative estimate of drug-likeness (QED) is 0.859. The summed E-state index contributed by atoms with van der Waals surface area (Å²) in [4.78, 5) is 33.1. The summed E-state index contributed by atoms with van der Waals surface area (Å²) in [6.07, 6.45) is 5.46. The van der Waals surface area contributed by atoms with Crippen molar-refractivity contribution in [2.24, 2.45) is 5.41 Å². The highest BCUT2D eigenvalue weighted by Crippen LogP contribution is 2.40. The van der Waals surface area contributed by atoms with Crippen LogP contribution in [0.1, 0.15) is 35.2 Å². The minimum Gasteiger partial charge on any atom is -0.391 e. The number of hydrogen-bond acceptors (Lipinski definition) is 5. The lowest BCUT2D eigenvalue weighted by Crippen LogP contribution is -2.56. The number of hydrogen-bond donors (Lipinski definition) is 1. The number of rotatable bonds is 3. The van der Waals surface area contributed by atoms with Gasteiger partial charge in [-0.25, -0.2) is 0 Å². The molecule has 28 heavy (non-hydrogen) atoms. The van der Waals surface area contributed by atoms with Crippen LogP contribution in [0.4, 0.5) is 0 Å². The van der Waals surface area contributed by atoms with E-state index in [1.54, 1.807) is 40.8 Å². The summed E-state index contributed by atoms with van der Waals surface area (Å²) >= 11 is 1.61. The maximum Gasteiger partial charge on any atom is 0.255 e. The lowest BCUT2D eigenvalue weighted by molar-refractivity contribution is -0.134. The molecule has 2 aliphatic rings. The fourth-order valence-electron chi connectivity index (χ4n) is 4.45. The molecule has 0 bridgehead atoms. The second kappa shape index (κ2) is 8.01. The maximum atomic E-state index is 12.8. The van der Waals surface area contributed by atoms with Gasteiger partial charge in [-0.1, -0.05) is 0 Å². The normalized spacial score (nSPS) is 21.7. The van der Waals surface area contributed by atoms with Crippen molar-refractivity contribution in [2.75, 3.05) is 26.2 Å². The number of amides is 2. The summed E-state index contributed by atoms with van der Waals surface area (Å²) in [5, 5.41) is 14.5. The van der Waals surface area contributed by atoms with Gasteiger partial charge in [-0.2, -0.15) is 11.3 Å². The fourth-order valence-corrected chi connectivity index (χ4v) is 5.12. The summed E-state index contributed by atoms with van der Waals surface area (Å²) in [5.41, 5.74) is 1.50. The molecule has 1 atom stereocenters. The van der Waals surface area contributed by atoms with Gasteiger partial charge in [0.1, 0.15) is 0 Å². The van der Waals surface area contributed by atoms with Gasteiger partial charge in [0.05, 0.1) is 18.1 Å². The van der Waals surface area contributed by atoms with Gasteiger partial charge in [-0.15, -0.1) is 0 Å². The Hall–Kier alpha value is -2.25. The second-order valence-electron chi connectivity index (χ2n) is 7.97. The van der Waals surface area contributed by atoms with E-state index in [2.05, 4.69) is 4.98 Å². The van der Waals surface area contributed by atoms with Crippen molar-refractivity contribution in [3.05, 3.63) is 52.5 Å². The van der Waals surface area contributed by atoms with Gasteiger partial charge in [0.15, 0.2) is 0 Å². The lowest BCUT2D eigenvalue weighted by Gasteiger charge is -2.49. The molecule has 6 nitrogen and oxygen atoms in total. The van der Waals surface area contributed by atoms with Crippen LogP contribution in [0, 0.1) is 5.41 Å². The number of piperidine rings is 2. The van der Waals surface area contributed by atoms with E-state index in [0.717, 1.165) is 18.4 Å². The van der Waals surface area contributed by atoms with E-state index >= 15 is 0 Å². The molecule has 2 aromatic rings. The second-order valence-corrected chi connectivity index (χ2v) is 8.75. The molecule has 0 radical (unpaired) electrons. The van der Waals surface area contributed by atoms with Crippen molar-refractivity contribution in [3.8, 4) is 0 Å². The first-order chi connectivity index (χ1) is 13.5. The van der Waals surface area contributed by atoms with Crippen LogP contribution in [-0.4, -0.2) is 64.0 Å². The number of pyridine rings is 1. The Morgan fingerprint density at radius 3 is 2.75 bits per heavy atom. The molecule has 4 rings (SSSR count). The minimum absolute atomic E-state index is 0.0813. The van der Waals surface area contributed by atoms with E-state index in [-0.39, 0.29) is 17.2 Å². The number of nitrogens with zero attached hydrogens (tertiary/aromatic N) is 3. The first-order valence-electron chi connectivity index (χ1n) is 9.71. The first kappa shape index (κ1) is 19.1. The lowest BCUT2D eigenvalue weighted by atomic mass is 9.71. The zero-order valence-electron chi connectivity index (χ0n) is 15.8. The Bertz CT molecular complexity index is 817. The Labute approximate surface area is 168 Å². The van der Waals surface area contributed by atoms with E-state index < -0.39 is 6.10 Å². The van der Waals surface area contributed by atoms with Crippen LogP contribution in [0.2, 0.25) is 0 Å². The molecule has 2 fully saturated rings. The Morgan fingerprint density at radius 2 is 2.07 bits per heavy atom. The third-order valence-corrected chi connectivity index (χ3v) is 6.67. The van der Waals surface area contributed by atoms with E-state index in [9.17, 15) is 14.7 Å². The summed E-state index contributed by atoms with van der Waals surface area (Å²) < 4.78 is 0. The molecule has 148 valence electrons. The highest BCUT2D eigenvalue weighted by molar-refractivity contribution is 7.08. The molecular weight excluding hydrogens is 374 g/mol. The van der Waals surface area contributed by atoms with E-state index in [1.165, 1.54) is 0 Å². The SMILES string of the molecule is O=C(Cc1ccsc1)N1CCC2(CC1)CC(O)CN(C(=O)c1cccnc1)C2. The number of likely N-dealkylation sites (tertiary alicyclic amines) is 2. The van der Waals surface area contributed by atoms with Crippen LogP contribution in [0.25, 0.3) is 0 Å². The summed E-state index contributed by atoms with van der Waals surface area (Å²) in [6, 6.07) is 5.50. The Balaban J connectivity index is 1.39. The molecule has 2 saturated heterocycles. The smallest absolute Gasteiger partial charge is 0.255 e. The molecule has 4 heterocycles. The van der Waals surface area contributed by atoms with Crippen molar-refractivity contribution >= 4 is 23.2 Å². The summed E-state index contributed by atoms with van der Waals surface area (Å²) in [5.74, 6) is 0.0788. The number of aromatic nitrogens is 1. The third kappa shape index (κ3) is 4.10. The van der Waals surface area contributed by atoms with Gasteiger partial charge in [0, 0.05) is 38.6 Å². The summed E-state index contributed by atoms with van der Waals surface area (Å²) in [7, 11) is 0. The van der Waals surface area contributed by atoms with Crippen LogP contribution in [0.3, 0.4) is 0 Å². The Morgan fingerprint density at radius 1 is 1.25 bits per heavy atom. The van der Waals surface area contributed by atoms with Crippen molar-refractivity contribution in [1.82, 2.24) is 14.8 Å². The number of aliphatic hydroxyl groups is 1. The molecule has 7 heteroatoms. The van der Waals surface area contributed by atoms with E-state index in [1.807, 2.05) is 21.7 Å². The van der Waals surface area contributed by atoms with Gasteiger partial charge in [-0.3, -0.25) is 14.6 Å². The predicted molar refractivity (Wildman–Crippen MR) is 107 cm³/mol. The molecule has 0 saturated carbocycles. The predicted octanol–water partition coefficient (Wildman–Crippen LogP) is 2.20. The van der Waals surface area contributed by atoms with Crippen LogP contribution in [0.15, 0.2) is 41.4 Å². The number of aliphatic hydroxyl groups excluding tert-OH is 1. The summed E-state index contributed by atoms with van der Waals surface area (Å²) in [6.45, 7) is 2.36. The highest BCUT2D eigenvalue weighted by Gasteiger charge is 2.43. The van der Waals surface area contributed by atoms with Crippen LogP contribution in [-0.2, 0) is 11.2 Å². The molecule has 1 unspecified atom stereocenters. The van der Waals surface area contributed by atoms with Crippen molar-refractivity contribution < 1.29 is 14.7 Å². The van der Waals surface area contributed by atoms with Gasteiger partial charge in [0.25, 0.3) is 5.91 Å². The zero-order valence-corrected chi connectivity index (χ0v) is 16.6. The average Bonchev–Trinajstić information content (AvgIpc) is 3.21. The van der Waals surface area contributed by atoms with Crippen molar-refractivity contribution in [3.63, 3.8) is 0 Å². The van der Waals surface area contributed by atoms with Gasteiger partial charge < -0.3 is 14.9 Å². The Kier molecular flexibility index (Phi) is 5.46. The molecular formula is C21H25N3O3S. The molecule has 2 amide bonds. The molecule has 2 aliphatic heterocycles. The monoisotopic (exact) mass is 399 g/mol. The zero-order chi connectivity index (χ0) is 19.6. The van der Waals surface area contributed by atoms with Crippen LogP contribution >= 0.6 is 11.3 Å². The van der Waals surface area contributed by atoms with Gasteiger partial charge >= 0.3 is 0 Å². The highest BCUT2D eigenvalue weighted by atomic mass is 32.1. The number of β-amino-alcohol motifs (C(OH)–C–C–N with tert-alkyl or cyclic N) is 1. The van der Waals surface area contributed by atoms with Crippen molar-refractivity contribution in [2.45, 2.75) is 31.8 Å². The molecule has 1 spiro atoms. The van der Waals surface area contributed by atoms with Gasteiger partial charge in [-0.05, 0) is 59.2 Å². The van der Waals surface area contributed by atoms with Gasteiger partial charge in [0.2, 0.25) is 5.91 Å². The van der Waals surface area contributed by atoms with Crippen LogP contribution < -0.4 is 0 Å². The number of thiophene rings is 1. The molecule has 2 aromatic heterocycles. The van der Waals surface area contributed by atoms with E-state index in [0.29, 0.717) is 44.6 Å². The first-order valence-corrected chi connectivity index (χ1v) is 10.7. The largest absolute Gasteiger partial charge is 0.391 e. The molecule has 1 N–H and O–H groups in total. The molecule has 0 aromatic carbocycles. The minimum atomic E-state index is -0.526. The standard InChI is InChI=1S/C21H25N3O3S/c25-18-11-21(15-24(13-18)20(27)17-2-1-6-22-12-17)4-7-23(8-5-21)19(26)10-16-3-9-28-14-16/h1-3,6,9,12,14,18,25H,4-5,7-8,10-11,13,15H2. The van der Waals surface area contributed by atoms with E-state index in [4.69, 9.17) is 0 Å². The average molecular weight is 400 g/mol. The third-order valence-electron chi connectivity index (χ3n) is 5.93. The van der Waals surface area contributed by atoms with Crippen molar-refractivity contribution in [1.29, 1.82) is 0 Å². The topological polar surface area (TPSA) is 73.7 Å². The fraction of sp³-hybridized carbons (Fsp3) is 0.476. The number of carbonyl (C=O) groups is 2. The van der Waals surface area contributed by atoms with Crippen LogP contribution in [0.5, 0.6) is 0 Å². The number of carbonyl (C=O) groups excluding carboxylic acids is 2. The maximum absolute atomic E-state index is 12.8.